The first-order valence-electron chi connectivity index (χ1n) is 16.1. The van der Waals surface area contributed by atoms with Gasteiger partial charge in [-0.15, -0.1) is 0 Å². The Morgan fingerprint density at radius 3 is 1.62 bits per heavy atom. The lowest BCUT2D eigenvalue weighted by Crippen LogP contribution is -2.06. The normalized spacial score (nSPS) is 11.8. The molecule has 8 aromatic rings. The van der Waals surface area contributed by atoms with Crippen molar-refractivity contribution in [1.29, 1.82) is 0 Å². The van der Waals surface area contributed by atoms with E-state index in [0.717, 1.165) is 49.9 Å². The fourth-order valence-corrected chi connectivity index (χ4v) is 6.73. The van der Waals surface area contributed by atoms with Crippen LogP contribution in [-0.4, -0.2) is 15.0 Å². The summed E-state index contributed by atoms with van der Waals surface area (Å²) >= 11 is 0. The van der Waals surface area contributed by atoms with E-state index in [9.17, 15) is 0 Å². The summed E-state index contributed by atoms with van der Waals surface area (Å²) in [4.78, 5) is 15.2. The van der Waals surface area contributed by atoms with Gasteiger partial charge in [-0.2, -0.15) is 0 Å². The van der Waals surface area contributed by atoms with Crippen molar-refractivity contribution < 1.29 is 4.74 Å². The third kappa shape index (κ3) is 4.91. The van der Waals surface area contributed by atoms with Crippen LogP contribution in [0, 0.1) is 0 Å². The maximum Gasteiger partial charge on any atom is 0.164 e. The first-order valence-corrected chi connectivity index (χ1v) is 16.1. The van der Waals surface area contributed by atoms with Crippen LogP contribution in [0.3, 0.4) is 0 Å². The standard InChI is InChI=1S/C44H29N3O/c1-3-12-29(13-4-1)30-22-24-32(25-23-30)43-45-42(31-14-5-2-6-15-31)46-44(47-43)38-27-26-36(34-17-7-8-18-35(34)38)37-20-11-16-33-28-48-40-21-10-9-19-39(40)41(33)37/h1-27H,28H2. The molecule has 0 atom stereocenters. The van der Waals surface area contributed by atoms with E-state index in [4.69, 9.17) is 19.7 Å². The summed E-state index contributed by atoms with van der Waals surface area (Å²) in [5.74, 6) is 2.84. The molecule has 0 unspecified atom stereocenters. The highest BCUT2D eigenvalue weighted by molar-refractivity contribution is 6.07. The van der Waals surface area contributed by atoms with E-state index in [2.05, 4.69) is 115 Å². The zero-order valence-electron chi connectivity index (χ0n) is 26.0. The van der Waals surface area contributed by atoms with Gasteiger partial charge in [0.15, 0.2) is 17.5 Å². The minimum Gasteiger partial charge on any atom is -0.488 e. The molecule has 4 nitrogen and oxygen atoms in total. The van der Waals surface area contributed by atoms with Gasteiger partial charge < -0.3 is 4.74 Å². The number of aromatic nitrogens is 3. The average Bonchev–Trinajstić information content (AvgIpc) is 3.18. The van der Waals surface area contributed by atoms with Crippen LogP contribution >= 0.6 is 0 Å². The quantitative estimate of drug-likeness (QED) is 0.193. The molecule has 0 saturated heterocycles. The predicted octanol–water partition coefficient (Wildman–Crippen LogP) is 10.9. The van der Waals surface area contributed by atoms with Crippen molar-refractivity contribution in [3.05, 3.63) is 169 Å². The molecule has 0 aliphatic carbocycles. The number of rotatable bonds is 5. The molecule has 4 heteroatoms. The first kappa shape index (κ1) is 27.9. The monoisotopic (exact) mass is 615 g/mol. The molecule has 0 saturated carbocycles. The minimum absolute atomic E-state index is 0.554. The highest BCUT2D eigenvalue weighted by atomic mass is 16.5. The molecule has 1 aromatic heterocycles. The maximum atomic E-state index is 6.11. The number of nitrogens with zero attached hydrogens (tertiary/aromatic N) is 3. The van der Waals surface area contributed by atoms with Crippen LogP contribution in [0.15, 0.2) is 164 Å². The molecule has 1 aliphatic heterocycles. The number of fused-ring (bicyclic) bond motifs is 4. The van der Waals surface area contributed by atoms with Gasteiger partial charge in [0.25, 0.3) is 0 Å². The van der Waals surface area contributed by atoms with Crippen molar-refractivity contribution in [3.63, 3.8) is 0 Å². The smallest absolute Gasteiger partial charge is 0.164 e. The van der Waals surface area contributed by atoms with Crippen molar-refractivity contribution in [1.82, 2.24) is 15.0 Å². The largest absolute Gasteiger partial charge is 0.488 e. The van der Waals surface area contributed by atoms with Crippen LogP contribution in [0.4, 0.5) is 0 Å². The Morgan fingerprint density at radius 1 is 0.354 bits per heavy atom. The van der Waals surface area contributed by atoms with Crippen molar-refractivity contribution >= 4 is 10.8 Å². The van der Waals surface area contributed by atoms with Crippen molar-refractivity contribution in [2.45, 2.75) is 6.61 Å². The molecule has 0 fully saturated rings. The lowest BCUT2D eigenvalue weighted by Gasteiger charge is -2.24. The summed E-state index contributed by atoms with van der Waals surface area (Å²) in [7, 11) is 0. The van der Waals surface area contributed by atoms with Gasteiger partial charge in [-0.1, -0.05) is 152 Å². The molecular formula is C44H29N3O. The molecule has 7 aromatic carbocycles. The highest BCUT2D eigenvalue weighted by Gasteiger charge is 2.22. The molecular weight excluding hydrogens is 587 g/mol. The Hall–Kier alpha value is -6.39. The van der Waals surface area contributed by atoms with Gasteiger partial charge in [-0.3, -0.25) is 0 Å². The SMILES string of the molecule is c1ccc(-c2ccc(-c3nc(-c4ccccc4)nc(-c4ccc(-c5cccc6c5-c5ccccc5OC6)c5ccccc45)n3)cc2)cc1. The first-order chi connectivity index (χ1) is 23.8. The molecule has 0 N–H and O–H groups in total. The van der Waals surface area contributed by atoms with Gasteiger partial charge >= 0.3 is 0 Å². The third-order valence-electron chi connectivity index (χ3n) is 9.06. The number of hydrogen-bond acceptors (Lipinski definition) is 4. The van der Waals surface area contributed by atoms with Crippen LogP contribution in [0.25, 0.3) is 78.3 Å². The van der Waals surface area contributed by atoms with Crippen LogP contribution < -0.4 is 4.74 Å². The number of hydrogen-bond donors (Lipinski definition) is 0. The average molecular weight is 616 g/mol. The van der Waals surface area contributed by atoms with Gasteiger partial charge in [0.1, 0.15) is 12.4 Å². The summed E-state index contributed by atoms with van der Waals surface area (Å²) in [6, 6.07) is 56.7. The highest BCUT2D eigenvalue weighted by Crippen LogP contribution is 2.45. The Bertz CT molecular complexity index is 2440. The van der Waals surface area contributed by atoms with Gasteiger partial charge in [0.05, 0.1) is 0 Å². The van der Waals surface area contributed by atoms with Crippen LogP contribution in [0.1, 0.15) is 5.56 Å². The molecule has 0 spiro atoms. The summed E-state index contributed by atoms with van der Waals surface area (Å²) in [5, 5.41) is 2.23. The Kier molecular flexibility index (Phi) is 6.83. The molecule has 1 aliphatic rings. The maximum absolute atomic E-state index is 6.11. The van der Waals surface area contributed by atoms with E-state index in [1.165, 1.54) is 22.3 Å². The molecule has 2 heterocycles. The van der Waals surface area contributed by atoms with Crippen LogP contribution in [0.5, 0.6) is 5.75 Å². The van der Waals surface area contributed by atoms with Crippen LogP contribution in [-0.2, 0) is 6.61 Å². The summed E-state index contributed by atoms with van der Waals surface area (Å²) in [6.07, 6.45) is 0. The van der Waals surface area contributed by atoms with Gasteiger partial charge in [-0.25, -0.2) is 15.0 Å². The molecule has 0 amide bonds. The zero-order valence-corrected chi connectivity index (χ0v) is 26.0. The number of benzene rings is 7. The zero-order chi connectivity index (χ0) is 31.9. The number of para-hydroxylation sites is 1. The van der Waals surface area contributed by atoms with E-state index < -0.39 is 0 Å². The van der Waals surface area contributed by atoms with Gasteiger partial charge in [0.2, 0.25) is 0 Å². The lowest BCUT2D eigenvalue weighted by molar-refractivity contribution is 0.302. The van der Waals surface area contributed by atoms with E-state index in [1.54, 1.807) is 0 Å². The fraction of sp³-hybridized carbons (Fsp3) is 0.0227. The topological polar surface area (TPSA) is 47.9 Å². The Labute approximate surface area is 279 Å². The molecule has 9 rings (SSSR count). The van der Waals surface area contributed by atoms with E-state index in [1.807, 2.05) is 48.5 Å². The van der Waals surface area contributed by atoms with E-state index >= 15 is 0 Å². The summed E-state index contributed by atoms with van der Waals surface area (Å²) < 4.78 is 6.11. The van der Waals surface area contributed by atoms with Gasteiger partial charge in [0, 0.05) is 22.3 Å². The third-order valence-corrected chi connectivity index (χ3v) is 9.06. The van der Waals surface area contributed by atoms with Crippen LogP contribution in [0.2, 0.25) is 0 Å². The van der Waals surface area contributed by atoms with E-state index in [-0.39, 0.29) is 0 Å². The molecule has 48 heavy (non-hydrogen) atoms. The van der Waals surface area contributed by atoms with Crippen molar-refractivity contribution in [3.8, 4) is 73.3 Å². The Morgan fingerprint density at radius 2 is 0.875 bits per heavy atom. The fourth-order valence-electron chi connectivity index (χ4n) is 6.73. The predicted molar refractivity (Wildman–Crippen MR) is 194 cm³/mol. The minimum atomic E-state index is 0.554. The second-order valence-corrected chi connectivity index (χ2v) is 11.9. The Balaban J connectivity index is 1.21. The van der Waals surface area contributed by atoms with Crippen molar-refractivity contribution in [2.75, 3.05) is 0 Å². The molecule has 226 valence electrons. The van der Waals surface area contributed by atoms with Crippen molar-refractivity contribution in [2.24, 2.45) is 0 Å². The summed E-state index contributed by atoms with van der Waals surface area (Å²) in [5.41, 5.74) is 11.1. The molecule has 0 bridgehead atoms. The second kappa shape index (κ2) is 11.8. The van der Waals surface area contributed by atoms with Gasteiger partial charge in [-0.05, 0) is 56.3 Å². The lowest BCUT2D eigenvalue weighted by atomic mass is 9.86. The second-order valence-electron chi connectivity index (χ2n) is 11.9. The summed E-state index contributed by atoms with van der Waals surface area (Å²) in [6.45, 7) is 0.554. The number of ether oxygens (including phenoxy) is 1. The molecule has 0 radical (unpaired) electrons. The van der Waals surface area contributed by atoms with E-state index in [0.29, 0.717) is 24.1 Å².